The minimum atomic E-state index is -0.886. The van der Waals surface area contributed by atoms with Gasteiger partial charge in [0.1, 0.15) is 17.9 Å². The highest BCUT2D eigenvalue weighted by Gasteiger charge is 2.51. The van der Waals surface area contributed by atoms with E-state index in [0.29, 0.717) is 36.1 Å². The average molecular weight is 703 g/mol. The molecule has 15 heteroatoms. The van der Waals surface area contributed by atoms with Crippen LogP contribution in [0, 0.1) is 5.92 Å². The molecule has 51 heavy (non-hydrogen) atoms. The lowest BCUT2D eigenvalue weighted by atomic mass is 9.79. The highest BCUT2D eigenvalue weighted by molar-refractivity contribution is 6.62. The summed E-state index contributed by atoms with van der Waals surface area (Å²) < 4.78 is 28.2. The van der Waals surface area contributed by atoms with Gasteiger partial charge in [0, 0.05) is 24.8 Å². The number of ether oxygens (including phenoxy) is 3. The van der Waals surface area contributed by atoms with E-state index < -0.39 is 36.5 Å². The molecule has 14 nitrogen and oxygen atoms in total. The molecule has 4 heterocycles. The summed E-state index contributed by atoms with van der Waals surface area (Å²) >= 11 is 0. The Bertz CT molecular complexity index is 1750. The Labute approximate surface area is 298 Å². The molecule has 3 aliphatic rings. The van der Waals surface area contributed by atoms with Gasteiger partial charge >= 0.3 is 19.2 Å². The summed E-state index contributed by atoms with van der Waals surface area (Å²) in [6.45, 7) is 12.7. The Morgan fingerprint density at radius 1 is 0.941 bits per heavy atom. The molecule has 0 bridgehead atoms. The van der Waals surface area contributed by atoms with Crippen LogP contribution in [0.4, 0.5) is 9.59 Å². The molecule has 4 amide bonds. The van der Waals surface area contributed by atoms with E-state index in [9.17, 15) is 14.4 Å². The Balaban J connectivity index is 1.24. The Hall–Kier alpha value is -4.76. The summed E-state index contributed by atoms with van der Waals surface area (Å²) in [5.41, 5.74) is 3.46. The highest BCUT2D eigenvalue weighted by atomic mass is 16.7. The van der Waals surface area contributed by atoms with E-state index in [1.165, 1.54) is 7.11 Å². The smallest absolute Gasteiger partial charge is 0.493 e. The number of carbonyl (C=O) groups is 3. The van der Waals surface area contributed by atoms with Gasteiger partial charge in [0.2, 0.25) is 5.91 Å². The number of urea groups is 1. The summed E-state index contributed by atoms with van der Waals surface area (Å²) in [6, 6.07) is 9.90. The van der Waals surface area contributed by atoms with Gasteiger partial charge in [0.15, 0.2) is 11.5 Å². The summed E-state index contributed by atoms with van der Waals surface area (Å²) in [5, 5.41) is 2.68. The summed E-state index contributed by atoms with van der Waals surface area (Å²) in [5.74, 6) is 1.10. The summed E-state index contributed by atoms with van der Waals surface area (Å²) in [4.78, 5) is 53.6. The first-order chi connectivity index (χ1) is 24.2. The van der Waals surface area contributed by atoms with Crippen LogP contribution in [-0.4, -0.2) is 102 Å². The number of benzene rings is 2. The minimum absolute atomic E-state index is 0.00666. The third-order valence-corrected chi connectivity index (χ3v) is 10.4. The molecule has 272 valence electrons. The third kappa shape index (κ3) is 6.84. The zero-order valence-corrected chi connectivity index (χ0v) is 30.7. The van der Waals surface area contributed by atoms with E-state index in [1.54, 1.807) is 35.1 Å². The van der Waals surface area contributed by atoms with Gasteiger partial charge in [-0.15, -0.1) is 0 Å². The van der Waals surface area contributed by atoms with Crippen molar-refractivity contribution in [3.8, 4) is 22.8 Å². The maximum absolute atomic E-state index is 14.2. The molecular weight excluding hydrogens is 655 g/mol. The molecule has 1 unspecified atom stereocenters. The molecule has 2 saturated heterocycles. The number of alkyl carbamates (subject to hydrolysis) is 1. The number of carbonyl (C=O) groups excluding carboxylic acids is 3. The van der Waals surface area contributed by atoms with Gasteiger partial charge in [0.25, 0.3) is 0 Å². The van der Waals surface area contributed by atoms with Crippen LogP contribution in [0.2, 0.25) is 0 Å². The number of aromatic nitrogens is 2. The highest BCUT2D eigenvalue weighted by Crippen LogP contribution is 2.38. The van der Waals surface area contributed by atoms with Crippen LogP contribution in [0.1, 0.15) is 64.5 Å². The number of nitrogens with one attached hydrogen (secondary N) is 2. The molecule has 1 aromatic heterocycles. The van der Waals surface area contributed by atoms with Gasteiger partial charge < -0.3 is 48.5 Å². The van der Waals surface area contributed by atoms with Gasteiger partial charge in [-0.05, 0) is 62.3 Å². The van der Waals surface area contributed by atoms with Gasteiger partial charge in [0.05, 0.1) is 51.4 Å². The number of fused-ring (bicyclic) bond motifs is 1. The molecule has 6 rings (SSSR count). The first-order valence-corrected chi connectivity index (χ1v) is 17.1. The number of imidazole rings is 1. The van der Waals surface area contributed by atoms with Crippen LogP contribution in [0.3, 0.4) is 0 Å². The van der Waals surface area contributed by atoms with Crippen LogP contribution < -0.4 is 20.3 Å². The fourth-order valence-electron chi connectivity index (χ4n) is 6.63. The molecule has 2 N–H and O–H groups in total. The molecule has 0 radical (unpaired) electrons. The van der Waals surface area contributed by atoms with E-state index in [0.717, 1.165) is 22.2 Å². The molecule has 3 aromatic rings. The second-order valence-electron chi connectivity index (χ2n) is 14.5. The normalized spacial score (nSPS) is 19.7. The van der Waals surface area contributed by atoms with Crippen LogP contribution in [0.25, 0.3) is 11.3 Å². The molecule has 2 fully saturated rings. The third-order valence-electron chi connectivity index (χ3n) is 10.4. The van der Waals surface area contributed by atoms with Crippen molar-refractivity contribution in [1.82, 2.24) is 30.0 Å². The molecular formula is C36H47BN6O8. The first-order valence-electron chi connectivity index (χ1n) is 17.1. The fourth-order valence-corrected chi connectivity index (χ4v) is 6.63. The van der Waals surface area contributed by atoms with E-state index in [4.69, 9.17) is 28.5 Å². The van der Waals surface area contributed by atoms with Crippen molar-refractivity contribution in [3.63, 3.8) is 0 Å². The predicted octanol–water partition coefficient (Wildman–Crippen LogP) is 4.05. The van der Waals surface area contributed by atoms with Crippen molar-refractivity contribution < 1.29 is 37.9 Å². The molecule has 2 atom stereocenters. The van der Waals surface area contributed by atoms with Crippen LogP contribution >= 0.6 is 0 Å². The lowest BCUT2D eigenvalue weighted by molar-refractivity contribution is -0.135. The monoisotopic (exact) mass is 702 g/mol. The molecule has 0 saturated carbocycles. The number of H-pyrrole nitrogens is 1. The number of rotatable bonds is 8. The number of hydrogen-bond donors (Lipinski definition) is 2. The van der Waals surface area contributed by atoms with Crippen LogP contribution in [-0.2, 0) is 31.9 Å². The maximum atomic E-state index is 14.2. The minimum Gasteiger partial charge on any atom is -0.493 e. The van der Waals surface area contributed by atoms with Crippen molar-refractivity contribution in [2.24, 2.45) is 5.92 Å². The number of methoxy groups -OCH3 is 3. The predicted molar refractivity (Wildman–Crippen MR) is 189 cm³/mol. The first kappa shape index (κ1) is 36.0. The standard InChI is InChI=1S/C36H47BN6O8/c1-21(2)30(40-33(45)49-9)32(44)43-20-42(34(46)41-17-23-14-28(47-7)29(48-8)15-24(23)18-41)19-27(43)31-38-16-26(39-31)22-10-12-25(13-11-22)37-50-35(3,4)36(5,6)51-37/h10-16,21,27,30H,17-20H2,1-9H3,(H,38,39)(H,40,45)/t27-,30?/m0/s1. The van der Waals surface area contributed by atoms with Crippen LogP contribution in [0.15, 0.2) is 42.6 Å². The Morgan fingerprint density at radius 2 is 1.53 bits per heavy atom. The van der Waals surface area contributed by atoms with Gasteiger partial charge in [-0.2, -0.15) is 0 Å². The Morgan fingerprint density at radius 3 is 2.06 bits per heavy atom. The van der Waals surface area contributed by atoms with E-state index in [2.05, 4.69) is 10.3 Å². The Kier molecular flexibility index (Phi) is 9.72. The molecule has 2 aromatic carbocycles. The van der Waals surface area contributed by atoms with Gasteiger partial charge in [-0.1, -0.05) is 38.1 Å². The number of nitrogens with zero attached hydrogens (tertiary/aromatic N) is 4. The van der Waals surface area contributed by atoms with Crippen molar-refractivity contribution in [2.45, 2.75) is 77.9 Å². The maximum Gasteiger partial charge on any atom is 0.494 e. The second-order valence-corrected chi connectivity index (χ2v) is 14.5. The van der Waals surface area contributed by atoms with E-state index in [-0.39, 0.29) is 31.1 Å². The van der Waals surface area contributed by atoms with Crippen LogP contribution in [0.5, 0.6) is 11.5 Å². The molecule has 0 spiro atoms. The lowest BCUT2D eigenvalue weighted by Gasteiger charge is -2.32. The number of hydrogen-bond acceptors (Lipinski definition) is 9. The fraction of sp³-hybridized carbons (Fsp3) is 0.500. The van der Waals surface area contributed by atoms with Crippen molar-refractivity contribution in [2.75, 3.05) is 34.5 Å². The molecule has 3 aliphatic heterocycles. The topological polar surface area (TPSA) is 148 Å². The summed E-state index contributed by atoms with van der Waals surface area (Å²) in [7, 11) is 3.92. The van der Waals surface area contributed by atoms with Gasteiger partial charge in [-0.3, -0.25) is 4.79 Å². The largest absolute Gasteiger partial charge is 0.494 e. The zero-order chi connectivity index (χ0) is 36.8. The zero-order valence-electron chi connectivity index (χ0n) is 30.7. The van der Waals surface area contributed by atoms with Crippen molar-refractivity contribution in [3.05, 3.63) is 59.5 Å². The number of amides is 4. The SMILES string of the molecule is COC(=O)NC(C(=O)N1CN(C(=O)N2Cc3cc(OC)c(OC)cc3C2)C[C@H]1c1nc(-c2ccc(B3OC(C)(C)C(C)(C)O3)cc2)c[nH]1)C(C)C. The van der Waals surface area contributed by atoms with Gasteiger partial charge in [-0.25, -0.2) is 14.6 Å². The summed E-state index contributed by atoms with van der Waals surface area (Å²) in [6.07, 6.45) is 1.08. The quantitative estimate of drug-likeness (QED) is 0.332. The van der Waals surface area contributed by atoms with E-state index >= 15 is 0 Å². The number of aromatic amines is 1. The average Bonchev–Trinajstić information content (AvgIpc) is 3.90. The second kappa shape index (κ2) is 13.8. The van der Waals surface area contributed by atoms with Crippen molar-refractivity contribution in [1.29, 1.82) is 0 Å². The lowest BCUT2D eigenvalue weighted by Crippen LogP contribution is -2.52. The van der Waals surface area contributed by atoms with E-state index in [1.807, 2.05) is 77.9 Å². The van der Waals surface area contributed by atoms with Crippen molar-refractivity contribution >= 4 is 30.6 Å². The molecule has 0 aliphatic carbocycles.